The van der Waals surface area contributed by atoms with Gasteiger partial charge in [-0.2, -0.15) is 0 Å². The molecule has 0 aliphatic carbocycles. The second kappa shape index (κ2) is 5.35. The van der Waals surface area contributed by atoms with E-state index in [4.69, 9.17) is 4.74 Å². The molecule has 2 nitrogen and oxygen atoms in total. The van der Waals surface area contributed by atoms with Gasteiger partial charge in [0, 0.05) is 0 Å². The summed E-state index contributed by atoms with van der Waals surface area (Å²) in [7, 11) is 0. The third-order valence-electron chi connectivity index (χ3n) is 2.63. The molecular weight excluding hydrogens is 200 g/mol. The molecule has 0 fully saturated rings. The van der Waals surface area contributed by atoms with E-state index < -0.39 is 0 Å². The lowest BCUT2D eigenvalue weighted by Crippen LogP contribution is -2.16. The van der Waals surface area contributed by atoms with Crippen LogP contribution < -0.4 is 4.74 Å². The molecule has 1 N–H and O–H groups in total. The monoisotopic (exact) mass is 222 g/mol. The van der Waals surface area contributed by atoms with Crippen molar-refractivity contribution in [2.75, 3.05) is 6.61 Å². The fourth-order valence-electron chi connectivity index (χ4n) is 1.36. The van der Waals surface area contributed by atoms with Crippen LogP contribution in [0.5, 0.6) is 5.75 Å². The Balaban J connectivity index is 2.58. The van der Waals surface area contributed by atoms with Crippen LogP contribution in [0.25, 0.3) is 0 Å². The zero-order valence-electron chi connectivity index (χ0n) is 10.7. The number of aliphatic hydroxyl groups excluding tert-OH is 1. The van der Waals surface area contributed by atoms with Gasteiger partial charge in [-0.3, -0.25) is 0 Å². The minimum atomic E-state index is -0.373. The van der Waals surface area contributed by atoms with Crippen LogP contribution in [0.4, 0.5) is 0 Å². The maximum absolute atomic E-state index is 9.38. The Morgan fingerprint density at radius 3 is 2.19 bits per heavy atom. The summed E-state index contributed by atoms with van der Waals surface area (Å²) in [6.45, 7) is 8.86. The summed E-state index contributed by atoms with van der Waals surface area (Å²) in [5, 5.41) is 9.38. The summed E-state index contributed by atoms with van der Waals surface area (Å²) in [6, 6.07) is 8.08. The van der Waals surface area contributed by atoms with Crippen LogP contribution in [0, 0.1) is 0 Å². The summed E-state index contributed by atoms with van der Waals surface area (Å²) in [5.41, 5.74) is 1.46. The van der Waals surface area contributed by atoms with Crippen molar-refractivity contribution in [3.8, 4) is 5.75 Å². The van der Waals surface area contributed by atoms with Gasteiger partial charge in [0.1, 0.15) is 12.4 Å². The first-order valence-electron chi connectivity index (χ1n) is 5.85. The Bertz CT molecular complexity index is 309. The topological polar surface area (TPSA) is 29.5 Å². The maximum atomic E-state index is 9.38. The van der Waals surface area contributed by atoms with Gasteiger partial charge in [-0.15, -0.1) is 0 Å². The molecule has 0 bridgehead atoms. The van der Waals surface area contributed by atoms with Gasteiger partial charge in [-0.1, -0.05) is 39.8 Å². The Morgan fingerprint density at radius 1 is 1.19 bits per heavy atom. The van der Waals surface area contributed by atoms with E-state index in [1.54, 1.807) is 0 Å². The molecule has 0 aliphatic rings. The molecular formula is C14H22O2. The van der Waals surface area contributed by atoms with Crippen molar-refractivity contribution in [2.24, 2.45) is 0 Å². The van der Waals surface area contributed by atoms with Crippen molar-refractivity contribution in [2.45, 2.75) is 45.6 Å². The second-order valence-corrected chi connectivity index (χ2v) is 5.15. The molecule has 1 aromatic carbocycles. The lowest BCUT2D eigenvalue weighted by molar-refractivity contribution is 0.104. The van der Waals surface area contributed by atoms with Crippen LogP contribution in [-0.2, 0) is 5.41 Å². The lowest BCUT2D eigenvalue weighted by Gasteiger charge is -2.19. The highest BCUT2D eigenvalue weighted by Gasteiger charge is 2.13. The van der Waals surface area contributed by atoms with Crippen LogP contribution in [0.15, 0.2) is 24.3 Å². The van der Waals surface area contributed by atoms with Gasteiger partial charge in [0.15, 0.2) is 0 Å². The van der Waals surface area contributed by atoms with Crippen LogP contribution in [0.3, 0.4) is 0 Å². The molecule has 0 saturated heterocycles. The van der Waals surface area contributed by atoms with E-state index in [1.165, 1.54) is 5.56 Å². The van der Waals surface area contributed by atoms with Crippen molar-refractivity contribution in [3.63, 3.8) is 0 Å². The summed E-state index contributed by atoms with van der Waals surface area (Å²) in [4.78, 5) is 0. The first kappa shape index (κ1) is 13.0. The Labute approximate surface area is 98.3 Å². The number of hydrogen-bond acceptors (Lipinski definition) is 2. The van der Waals surface area contributed by atoms with Crippen molar-refractivity contribution in [3.05, 3.63) is 29.8 Å². The van der Waals surface area contributed by atoms with Crippen LogP contribution in [0.1, 0.15) is 39.7 Å². The molecule has 1 atom stereocenters. The predicted molar refractivity (Wildman–Crippen MR) is 66.9 cm³/mol. The van der Waals surface area contributed by atoms with Gasteiger partial charge in [-0.05, 0) is 29.5 Å². The second-order valence-electron chi connectivity index (χ2n) is 5.15. The van der Waals surface area contributed by atoms with Gasteiger partial charge in [-0.25, -0.2) is 0 Å². The molecule has 0 unspecified atom stereocenters. The Morgan fingerprint density at radius 2 is 1.75 bits per heavy atom. The molecule has 0 spiro atoms. The number of aliphatic hydroxyl groups is 1. The molecule has 0 heterocycles. The van der Waals surface area contributed by atoms with Crippen molar-refractivity contribution in [1.29, 1.82) is 0 Å². The summed E-state index contributed by atoms with van der Waals surface area (Å²) in [6.07, 6.45) is 0.349. The third kappa shape index (κ3) is 3.86. The molecule has 1 rings (SSSR count). The van der Waals surface area contributed by atoms with Gasteiger partial charge in [0.2, 0.25) is 0 Å². The quantitative estimate of drug-likeness (QED) is 0.848. The minimum absolute atomic E-state index is 0.168. The van der Waals surface area contributed by atoms with Gasteiger partial charge in [0.05, 0.1) is 6.10 Å². The van der Waals surface area contributed by atoms with Gasteiger partial charge in [0.25, 0.3) is 0 Å². The first-order chi connectivity index (χ1) is 7.43. The van der Waals surface area contributed by atoms with E-state index in [1.807, 2.05) is 19.1 Å². The van der Waals surface area contributed by atoms with Crippen molar-refractivity contribution < 1.29 is 9.84 Å². The average molecular weight is 222 g/mol. The number of rotatable bonds is 4. The molecule has 0 aromatic heterocycles. The largest absolute Gasteiger partial charge is 0.491 e. The van der Waals surface area contributed by atoms with Crippen LogP contribution in [-0.4, -0.2) is 17.8 Å². The molecule has 1 aromatic rings. The summed E-state index contributed by atoms with van der Waals surface area (Å²) in [5.74, 6) is 0.820. The third-order valence-corrected chi connectivity index (χ3v) is 2.63. The van der Waals surface area contributed by atoms with E-state index in [0.29, 0.717) is 6.61 Å². The molecule has 90 valence electrons. The van der Waals surface area contributed by atoms with E-state index >= 15 is 0 Å². The van der Waals surface area contributed by atoms with Crippen molar-refractivity contribution >= 4 is 0 Å². The Kier molecular flexibility index (Phi) is 4.36. The smallest absolute Gasteiger partial charge is 0.119 e. The molecule has 0 saturated carbocycles. The van der Waals surface area contributed by atoms with E-state index in [9.17, 15) is 5.11 Å². The predicted octanol–water partition coefficient (Wildman–Crippen LogP) is 3.13. The van der Waals surface area contributed by atoms with Gasteiger partial charge >= 0.3 is 0 Å². The SMILES string of the molecule is CC[C@H](O)COc1ccc(C(C)(C)C)cc1. The highest BCUT2D eigenvalue weighted by atomic mass is 16.5. The fourth-order valence-corrected chi connectivity index (χ4v) is 1.36. The van der Waals surface area contributed by atoms with Gasteiger partial charge < -0.3 is 9.84 Å². The molecule has 0 radical (unpaired) electrons. The molecule has 2 heteroatoms. The molecule has 16 heavy (non-hydrogen) atoms. The number of ether oxygens (including phenoxy) is 1. The minimum Gasteiger partial charge on any atom is -0.491 e. The zero-order chi connectivity index (χ0) is 12.2. The standard InChI is InChI=1S/C14H22O2/c1-5-12(15)10-16-13-8-6-11(7-9-13)14(2,3)4/h6-9,12,15H,5,10H2,1-4H3/t12-/m0/s1. The van der Waals surface area contributed by atoms with Crippen LogP contribution in [0.2, 0.25) is 0 Å². The zero-order valence-corrected chi connectivity index (χ0v) is 10.7. The number of hydrogen-bond donors (Lipinski definition) is 1. The van der Waals surface area contributed by atoms with Crippen molar-refractivity contribution in [1.82, 2.24) is 0 Å². The van der Waals surface area contributed by atoms with E-state index in [0.717, 1.165) is 12.2 Å². The molecule has 0 amide bonds. The lowest BCUT2D eigenvalue weighted by atomic mass is 9.87. The normalized spacial score (nSPS) is 13.6. The summed E-state index contributed by atoms with van der Waals surface area (Å²) >= 11 is 0. The highest BCUT2D eigenvalue weighted by Crippen LogP contribution is 2.24. The van der Waals surface area contributed by atoms with E-state index in [2.05, 4.69) is 32.9 Å². The fraction of sp³-hybridized carbons (Fsp3) is 0.571. The highest BCUT2D eigenvalue weighted by molar-refractivity contribution is 5.31. The average Bonchev–Trinajstić information content (AvgIpc) is 2.25. The first-order valence-corrected chi connectivity index (χ1v) is 5.85. The molecule has 0 aliphatic heterocycles. The Hall–Kier alpha value is -1.02. The summed E-state index contributed by atoms with van der Waals surface area (Å²) < 4.78 is 5.48. The van der Waals surface area contributed by atoms with E-state index in [-0.39, 0.29) is 11.5 Å². The van der Waals surface area contributed by atoms with Crippen LogP contribution >= 0.6 is 0 Å². The maximum Gasteiger partial charge on any atom is 0.119 e. The number of benzene rings is 1.